The predicted octanol–water partition coefficient (Wildman–Crippen LogP) is 2.01. The van der Waals surface area contributed by atoms with Crippen molar-refractivity contribution in [2.24, 2.45) is 0 Å². The first-order valence-electron chi connectivity index (χ1n) is 6.82. The summed E-state index contributed by atoms with van der Waals surface area (Å²) in [6, 6.07) is 8.10. The average Bonchev–Trinajstić information content (AvgIpc) is 2.46. The summed E-state index contributed by atoms with van der Waals surface area (Å²) in [5, 5.41) is 3.30. The smallest absolute Gasteiger partial charge is 0.260 e. The number of carbonyl (C=O) groups excluding carboxylic acids is 1. The van der Waals surface area contributed by atoms with Gasteiger partial charge in [0.15, 0.2) is 6.61 Å². The van der Waals surface area contributed by atoms with E-state index in [9.17, 15) is 4.79 Å². The molecule has 112 valence electrons. The van der Waals surface area contributed by atoms with Crippen LogP contribution in [0.3, 0.4) is 0 Å². The molecule has 20 heavy (non-hydrogen) atoms. The number of benzene rings is 1. The molecule has 1 fully saturated rings. The lowest BCUT2D eigenvalue weighted by Gasteiger charge is -2.31. The van der Waals surface area contributed by atoms with Crippen LogP contribution >= 0.6 is 12.4 Å². The zero-order valence-corrected chi connectivity index (χ0v) is 12.9. The first-order valence-corrected chi connectivity index (χ1v) is 6.82. The van der Waals surface area contributed by atoms with Gasteiger partial charge in [-0.3, -0.25) is 4.79 Å². The molecule has 1 saturated heterocycles. The van der Waals surface area contributed by atoms with Gasteiger partial charge in [0.2, 0.25) is 0 Å². The number of amides is 1. The monoisotopic (exact) mass is 298 g/mol. The van der Waals surface area contributed by atoms with E-state index < -0.39 is 0 Å². The maximum Gasteiger partial charge on any atom is 0.260 e. The number of nitrogens with one attached hydrogen (secondary N) is 1. The summed E-state index contributed by atoms with van der Waals surface area (Å²) in [6.07, 6.45) is 2.04. The Balaban J connectivity index is 0.00000200. The lowest BCUT2D eigenvalue weighted by Crippen LogP contribution is -2.45. The van der Waals surface area contributed by atoms with Gasteiger partial charge in [0.1, 0.15) is 5.75 Å². The number of piperidine rings is 1. The van der Waals surface area contributed by atoms with Crippen molar-refractivity contribution in [3.05, 3.63) is 29.8 Å². The molecule has 0 spiro atoms. The molecule has 0 unspecified atom stereocenters. The lowest BCUT2D eigenvalue weighted by atomic mass is 10.1. The van der Waals surface area contributed by atoms with Gasteiger partial charge in [0.05, 0.1) is 0 Å². The van der Waals surface area contributed by atoms with E-state index in [4.69, 9.17) is 4.74 Å². The number of hydrogen-bond acceptors (Lipinski definition) is 3. The van der Waals surface area contributed by atoms with E-state index in [2.05, 4.69) is 5.32 Å². The van der Waals surface area contributed by atoms with Crippen LogP contribution in [-0.2, 0) is 4.79 Å². The van der Waals surface area contributed by atoms with Gasteiger partial charge in [0.25, 0.3) is 5.91 Å². The molecule has 0 aliphatic carbocycles. The second-order valence-electron chi connectivity index (χ2n) is 5.09. The van der Waals surface area contributed by atoms with Crippen LogP contribution in [-0.4, -0.2) is 43.6 Å². The minimum atomic E-state index is 0. The van der Waals surface area contributed by atoms with Crippen LogP contribution in [0.2, 0.25) is 0 Å². The van der Waals surface area contributed by atoms with Crippen LogP contribution in [0.1, 0.15) is 18.4 Å². The van der Waals surface area contributed by atoms with Crippen molar-refractivity contribution in [2.75, 3.05) is 26.7 Å². The number of nitrogens with zero attached hydrogens (tertiary/aromatic N) is 1. The molecule has 0 radical (unpaired) electrons. The van der Waals surface area contributed by atoms with Gasteiger partial charge < -0.3 is 15.0 Å². The number of halogens is 1. The van der Waals surface area contributed by atoms with Gasteiger partial charge in [-0.2, -0.15) is 0 Å². The second kappa shape index (κ2) is 8.12. The van der Waals surface area contributed by atoms with E-state index in [1.807, 2.05) is 43.1 Å². The molecule has 1 N–H and O–H groups in total. The number of hydrogen-bond donors (Lipinski definition) is 1. The van der Waals surface area contributed by atoms with Gasteiger partial charge in [-0.05, 0) is 45.0 Å². The highest BCUT2D eigenvalue weighted by Crippen LogP contribution is 2.13. The number of aryl methyl sites for hydroxylation is 1. The van der Waals surface area contributed by atoms with Crippen molar-refractivity contribution in [3.8, 4) is 5.75 Å². The summed E-state index contributed by atoms with van der Waals surface area (Å²) in [6.45, 7) is 4.12. The minimum Gasteiger partial charge on any atom is -0.484 e. The normalized spacial score (nSPS) is 15.3. The van der Waals surface area contributed by atoms with E-state index in [1.165, 1.54) is 5.56 Å². The van der Waals surface area contributed by atoms with E-state index in [-0.39, 0.29) is 24.9 Å². The van der Waals surface area contributed by atoms with Crippen LogP contribution < -0.4 is 10.1 Å². The molecule has 1 aliphatic rings. The average molecular weight is 299 g/mol. The van der Waals surface area contributed by atoms with Crippen molar-refractivity contribution in [1.82, 2.24) is 10.2 Å². The standard InChI is InChI=1S/C15H22N2O2.ClH/c1-12-3-5-14(6-4-12)19-11-15(18)17(2)13-7-9-16-10-8-13;/h3-6,13,16H,7-11H2,1-2H3;1H. The van der Waals surface area contributed by atoms with Gasteiger partial charge in [-0.25, -0.2) is 0 Å². The molecule has 0 aromatic heterocycles. The molecule has 2 rings (SSSR count). The van der Waals surface area contributed by atoms with Crippen LogP contribution in [0.15, 0.2) is 24.3 Å². The summed E-state index contributed by atoms with van der Waals surface area (Å²) >= 11 is 0. The second-order valence-corrected chi connectivity index (χ2v) is 5.09. The highest BCUT2D eigenvalue weighted by molar-refractivity contribution is 5.85. The number of rotatable bonds is 4. The van der Waals surface area contributed by atoms with Gasteiger partial charge >= 0.3 is 0 Å². The highest BCUT2D eigenvalue weighted by atomic mass is 35.5. The van der Waals surface area contributed by atoms with Crippen molar-refractivity contribution >= 4 is 18.3 Å². The number of ether oxygens (including phenoxy) is 1. The maximum absolute atomic E-state index is 12.1. The summed E-state index contributed by atoms with van der Waals surface area (Å²) < 4.78 is 5.53. The van der Waals surface area contributed by atoms with Crippen LogP contribution in [0.5, 0.6) is 5.75 Å². The van der Waals surface area contributed by atoms with Crippen LogP contribution in [0.25, 0.3) is 0 Å². The largest absolute Gasteiger partial charge is 0.484 e. The van der Waals surface area contributed by atoms with Crippen molar-refractivity contribution < 1.29 is 9.53 Å². The molecule has 0 saturated carbocycles. The maximum atomic E-state index is 12.1. The minimum absolute atomic E-state index is 0. The molecule has 1 aliphatic heterocycles. The Labute approximate surface area is 126 Å². The van der Waals surface area contributed by atoms with Gasteiger partial charge in [-0.1, -0.05) is 17.7 Å². The summed E-state index contributed by atoms with van der Waals surface area (Å²) in [5.41, 5.74) is 1.19. The fraction of sp³-hybridized carbons (Fsp3) is 0.533. The van der Waals surface area contributed by atoms with E-state index in [0.29, 0.717) is 6.04 Å². The van der Waals surface area contributed by atoms with Gasteiger partial charge in [-0.15, -0.1) is 12.4 Å². The quantitative estimate of drug-likeness (QED) is 0.924. The Hall–Kier alpha value is -1.26. The predicted molar refractivity (Wildman–Crippen MR) is 82.6 cm³/mol. The van der Waals surface area contributed by atoms with E-state index in [0.717, 1.165) is 31.7 Å². The topological polar surface area (TPSA) is 41.6 Å². The number of carbonyl (C=O) groups is 1. The molecule has 5 heteroatoms. The lowest BCUT2D eigenvalue weighted by molar-refractivity contribution is -0.134. The third-order valence-electron chi connectivity index (χ3n) is 3.63. The van der Waals surface area contributed by atoms with Gasteiger partial charge in [0, 0.05) is 13.1 Å². The van der Waals surface area contributed by atoms with Crippen molar-refractivity contribution in [1.29, 1.82) is 0 Å². The highest BCUT2D eigenvalue weighted by Gasteiger charge is 2.21. The molecular weight excluding hydrogens is 276 g/mol. The Kier molecular flexibility index (Phi) is 6.82. The molecule has 1 heterocycles. The third-order valence-corrected chi connectivity index (χ3v) is 3.63. The van der Waals surface area contributed by atoms with Crippen molar-refractivity contribution in [3.63, 3.8) is 0 Å². The fourth-order valence-corrected chi connectivity index (χ4v) is 2.28. The number of likely N-dealkylation sites (N-methyl/N-ethyl adjacent to an activating group) is 1. The van der Waals surface area contributed by atoms with Crippen molar-refractivity contribution in [2.45, 2.75) is 25.8 Å². The Morgan fingerprint density at radius 1 is 1.30 bits per heavy atom. The molecule has 1 amide bonds. The molecule has 0 atom stereocenters. The SMILES string of the molecule is Cc1ccc(OCC(=O)N(C)C2CCNCC2)cc1.Cl. The van der Waals surface area contributed by atoms with E-state index >= 15 is 0 Å². The zero-order chi connectivity index (χ0) is 13.7. The Morgan fingerprint density at radius 3 is 2.50 bits per heavy atom. The molecule has 4 nitrogen and oxygen atoms in total. The fourth-order valence-electron chi connectivity index (χ4n) is 2.28. The molecular formula is C15H23ClN2O2. The summed E-state index contributed by atoms with van der Waals surface area (Å²) in [5.74, 6) is 0.796. The molecule has 1 aromatic carbocycles. The van der Waals surface area contributed by atoms with E-state index in [1.54, 1.807) is 0 Å². The summed E-state index contributed by atoms with van der Waals surface area (Å²) in [7, 11) is 1.87. The Bertz CT molecular complexity index is 416. The van der Waals surface area contributed by atoms with Crippen LogP contribution in [0.4, 0.5) is 0 Å². The summed E-state index contributed by atoms with van der Waals surface area (Å²) in [4.78, 5) is 13.9. The van der Waals surface area contributed by atoms with Crippen LogP contribution in [0, 0.1) is 6.92 Å². The molecule has 1 aromatic rings. The first kappa shape index (κ1) is 16.8. The Morgan fingerprint density at radius 2 is 1.90 bits per heavy atom. The zero-order valence-electron chi connectivity index (χ0n) is 12.1. The third kappa shape index (κ3) is 4.69. The molecule has 0 bridgehead atoms. The first-order chi connectivity index (χ1) is 9.16.